The number of aliphatic hydroxyl groups excluding tert-OH is 1. The van der Waals surface area contributed by atoms with Gasteiger partial charge in [0.25, 0.3) is 0 Å². The maximum Gasteiger partial charge on any atom is 0.161 e. The third-order valence-corrected chi connectivity index (χ3v) is 6.18. The molecule has 0 radical (unpaired) electrons. The Morgan fingerprint density at radius 1 is 1.23 bits per heavy atom. The van der Waals surface area contributed by atoms with Crippen molar-refractivity contribution in [3.8, 4) is 11.5 Å². The van der Waals surface area contributed by atoms with E-state index in [4.69, 9.17) is 9.47 Å². The lowest BCUT2D eigenvalue weighted by Gasteiger charge is -2.28. The zero-order chi connectivity index (χ0) is 21.5. The molecule has 166 valence electrons. The fourth-order valence-electron chi connectivity index (χ4n) is 3.71. The molecular formula is C22H34N4O3S. The zero-order valence-electron chi connectivity index (χ0n) is 18.5. The van der Waals surface area contributed by atoms with Gasteiger partial charge in [-0.1, -0.05) is 6.07 Å². The highest BCUT2D eigenvalue weighted by atomic mass is 32.2. The van der Waals surface area contributed by atoms with E-state index in [-0.39, 0.29) is 6.61 Å². The van der Waals surface area contributed by atoms with Crippen LogP contribution in [0.2, 0.25) is 0 Å². The van der Waals surface area contributed by atoms with Crippen molar-refractivity contribution >= 4 is 11.8 Å². The van der Waals surface area contributed by atoms with Gasteiger partial charge in [-0.25, -0.2) is 0 Å². The summed E-state index contributed by atoms with van der Waals surface area (Å²) < 4.78 is 13.3. The number of hydrogen-bond donors (Lipinski definition) is 1. The molecule has 0 unspecified atom stereocenters. The van der Waals surface area contributed by atoms with Crippen LogP contribution in [0.3, 0.4) is 0 Å². The maximum absolute atomic E-state index is 10.3. The Kier molecular flexibility index (Phi) is 8.44. The highest BCUT2D eigenvalue weighted by Gasteiger charge is 2.16. The Labute approximate surface area is 183 Å². The van der Waals surface area contributed by atoms with Gasteiger partial charge in [0.15, 0.2) is 11.5 Å². The third-order valence-electron chi connectivity index (χ3n) is 5.24. The molecule has 0 amide bonds. The lowest BCUT2D eigenvalue weighted by Crippen LogP contribution is -2.40. The van der Waals surface area contributed by atoms with Crippen molar-refractivity contribution in [2.45, 2.75) is 26.1 Å². The summed E-state index contributed by atoms with van der Waals surface area (Å²) in [5, 5.41) is 14.7. The van der Waals surface area contributed by atoms with Crippen molar-refractivity contribution < 1.29 is 14.6 Å². The summed E-state index contributed by atoms with van der Waals surface area (Å²) in [6.45, 7) is 6.65. The van der Waals surface area contributed by atoms with Gasteiger partial charge in [0.2, 0.25) is 0 Å². The fourth-order valence-corrected chi connectivity index (χ4v) is 4.69. The molecule has 2 aromatic rings. The lowest BCUT2D eigenvalue weighted by molar-refractivity contribution is 0.0704. The molecule has 30 heavy (non-hydrogen) atoms. The van der Waals surface area contributed by atoms with E-state index in [1.54, 1.807) is 7.11 Å². The molecule has 1 aromatic heterocycles. The topological polar surface area (TPSA) is 63.0 Å². The molecule has 1 aliphatic heterocycles. The van der Waals surface area contributed by atoms with Gasteiger partial charge in [0.05, 0.1) is 12.8 Å². The molecule has 0 saturated carbocycles. The summed E-state index contributed by atoms with van der Waals surface area (Å²) in [7, 11) is 5.69. The molecule has 0 spiro atoms. The highest BCUT2D eigenvalue weighted by Crippen LogP contribution is 2.29. The number of β-amino-alcohol motifs (C(OH)–C–C–N with tert-alkyl or cyclic N) is 1. The molecule has 0 bridgehead atoms. The number of aryl methyl sites for hydroxylation is 2. The van der Waals surface area contributed by atoms with Crippen LogP contribution in [0.1, 0.15) is 16.8 Å². The van der Waals surface area contributed by atoms with Crippen LogP contribution in [0, 0.1) is 6.92 Å². The number of rotatable bonds is 10. The van der Waals surface area contributed by atoms with Crippen molar-refractivity contribution in [1.29, 1.82) is 0 Å². The van der Waals surface area contributed by atoms with Gasteiger partial charge in [-0.3, -0.25) is 14.5 Å². The van der Waals surface area contributed by atoms with Crippen molar-refractivity contribution in [2.24, 2.45) is 7.05 Å². The fraction of sp³-hybridized carbons (Fsp3) is 0.591. The SMILES string of the molecule is COc1cc(CN(C)Cc2cn(C)nc2C)ccc1OC[C@@H](O)CN1CCSCC1. The summed E-state index contributed by atoms with van der Waals surface area (Å²) in [5.41, 5.74) is 3.44. The Balaban J connectivity index is 1.52. The Bertz CT molecular complexity index is 808. The van der Waals surface area contributed by atoms with Crippen LogP contribution in [0.5, 0.6) is 11.5 Å². The second-order valence-corrected chi connectivity index (χ2v) is 9.17. The van der Waals surface area contributed by atoms with Gasteiger partial charge >= 0.3 is 0 Å². The number of hydrogen-bond acceptors (Lipinski definition) is 7. The number of ether oxygens (including phenoxy) is 2. The Morgan fingerprint density at radius 2 is 2.00 bits per heavy atom. The molecule has 1 fully saturated rings. The molecule has 7 nitrogen and oxygen atoms in total. The smallest absolute Gasteiger partial charge is 0.161 e. The van der Waals surface area contributed by atoms with Crippen LogP contribution < -0.4 is 9.47 Å². The summed E-state index contributed by atoms with van der Waals surface area (Å²) in [6, 6.07) is 6.00. The van der Waals surface area contributed by atoms with E-state index < -0.39 is 6.10 Å². The van der Waals surface area contributed by atoms with Crippen molar-refractivity contribution in [1.82, 2.24) is 19.6 Å². The van der Waals surface area contributed by atoms with E-state index in [0.29, 0.717) is 18.0 Å². The monoisotopic (exact) mass is 434 g/mol. The number of aliphatic hydroxyl groups is 1. The second kappa shape index (κ2) is 11.0. The molecule has 8 heteroatoms. The summed E-state index contributed by atoms with van der Waals surface area (Å²) in [4.78, 5) is 4.55. The van der Waals surface area contributed by atoms with Crippen molar-refractivity contribution in [3.63, 3.8) is 0 Å². The second-order valence-electron chi connectivity index (χ2n) is 7.95. The first-order chi connectivity index (χ1) is 14.4. The quantitative estimate of drug-likeness (QED) is 0.615. The Hall–Kier alpha value is -1.74. The third kappa shape index (κ3) is 6.63. The minimum Gasteiger partial charge on any atom is -0.493 e. The van der Waals surface area contributed by atoms with Gasteiger partial charge in [-0.05, 0) is 31.7 Å². The standard InChI is InChI=1S/C22H34N4O3S/c1-17-19(14-25(3)23-17)13-24(2)12-18-5-6-21(22(11-18)28-4)29-16-20(27)15-26-7-9-30-10-8-26/h5-6,11,14,20,27H,7-10,12-13,15-16H2,1-4H3/t20-/m0/s1. The molecule has 2 heterocycles. The number of aromatic nitrogens is 2. The first-order valence-corrected chi connectivity index (χ1v) is 11.6. The average molecular weight is 435 g/mol. The van der Waals surface area contributed by atoms with Gasteiger partial charge in [0, 0.05) is 63.0 Å². The minimum atomic E-state index is -0.508. The minimum absolute atomic E-state index is 0.263. The van der Waals surface area contributed by atoms with Gasteiger partial charge < -0.3 is 14.6 Å². The van der Waals surface area contributed by atoms with Gasteiger partial charge in [-0.2, -0.15) is 16.9 Å². The van der Waals surface area contributed by atoms with E-state index in [9.17, 15) is 5.11 Å². The van der Waals surface area contributed by atoms with E-state index >= 15 is 0 Å². The predicted molar refractivity (Wildman–Crippen MR) is 121 cm³/mol. The molecular weight excluding hydrogens is 400 g/mol. The molecule has 0 aliphatic carbocycles. The van der Waals surface area contributed by atoms with Crippen LogP contribution >= 0.6 is 11.8 Å². The first-order valence-electron chi connectivity index (χ1n) is 10.4. The average Bonchev–Trinajstić information content (AvgIpc) is 3.04. The molecule has 1 saturated heterocycles. The lowest BCUT2D eigenvalue weighted by atomic mass is 10.1. The van der Waals surface area contributed by atoms with Gasteiger partial charge in [-0.15, -0.1) is 0 Å². The number of benzene rings is 1. The number of methoxy groups -OCH3 is 1. The highest BCUT2D eigenvalue weighted by molar-refractivity contribution is 7.99. The van der Waals surface area contributed by atoms with Gasteiger partial charge in [0.1, 0.15) is 12.7 Å². The summed E-state index contributed by atoms with van der Waals surface area (Å²) in [5.74, 6) is 3.63. The molecule has 1 atom stereocenters. The molecule has 1 aliphatic rings. The van der Waals surface area contributed by atoms with E-state index in [1.807, 2.05) is 42.5 Å². The van der Waals surface area contributed by atoms with E-state index in [0.717, 1.165) is 48.9 Å². The molecule has 3 rings (SSSR count). The van der Waals surface area contributed by atoms with E-state index in [2.05, 4.69) is 34.2 Å². The van der Waals surface area contributed by atoms with Crippen LogP contribution in [0.25, 0.3) is 0 Å². The Morgan fingerprint density at radius 3 is 2.67 bits per heavy atom. The number of nitrogens with zero attached hydrogens (tertiary/aromatic N) is 4. The number of thioether (sulfide) groups is 1. The van der Waals surface area contributed by atoms with Crippen molar-refractivity contribution in [2.75, 3.05) is 51.9 Å². The van der Waals surface area contributed by atoms with Crippen LogP contribution in [-0.2, 0) is 20.1 Å². The zero-order valence-corrected chi connectivity index (χ0v) is 19.3. The molecule has 1 N–H and O–H groups in total. The van der Waals surface area contributed by atoms with Crippen molar-refractivity contribution in [3.05, 3.63) is 41.2 Å². The summed E-state index contributed by atoms with van der Waals surface area (Å²) >= 11 is 1.97. The van der Waals surface area contributed by atoms with Crippen LogP contribution in [0.15, 0.2) is 24.4 Å². The molecule has 1 aromatic carbocycles. The van der Waals surface area contributed by atoms with Crippen LogP contribution in [0.4, 0.5) is 0 Å². The van der Waals surface area contributed by atoms with E-state index in [1.165, 1.54) is 5.56 Å². The first kappa shape index (κ1) is 22.9. The predicted octanol–water partition coefficient (Wildman–Crippen LogP) is 2.16. The van der Waals surface area contributed by atoms with Crippen LogP contribution in [-0.4, -0.2) is 82.7 Å². The maximum atomic E-state index is 10.3. The largest absolute Gasteiger partial charge is 0.493 e. The normalized spacial score (nSPS) is 16.1. The summed E-state index contributed by atoms with van der Waals surface area (Å²) in [6.07, 6.45) is 1.56.